The minimum Gasteiger partial charge on any atom is -0.492 e. The van der Waals surface area contributed by atoms with Crippen LogP contribution in [0.4, 0.5) is 16.2 Å². The Labute approximate surface area is 214 Å². The van der Waals surface area contributed by atoms with Gasteiger partial charge in [0.25, 0.3) is 16.8 Å². The third kappa shape index (κ3) is 6.11. The molecule has 1 saturated heterocycles. The topological polar surface area (TPSA) is 142 Å². The van der Waals surface area contributed by atoms with E-state index < -0.39 is 32.4 Å². The molecule has 11 nitrogen and oxygen atoms in total. The van der Waals surface area contributed by atoms with Gasteiger partial charge in [-0.05, 0) is 60.7 Å². The van der Waals surface area contributed by atoms with Crippen LogP contribution in [0.5, 0.6) is 17.2 Å². The molecule has 12 heteroatoms. The number of aryl methyl sites for hydroxylation is 1. The standard InChI is InChI=1S/C25H19N3O8S/c1-16-5-8-19(9-6-16)35-12-11-26-24(29)23(37-25(26)30)14-17-3-2-4-20(13-17)36-22-10-7-18(27(31)32)15-21(22)28(33)34/h2-10,13-15H,11-12H2,1H3/b23-14-. The Morgan fingerprint density at radius 2 is 1.70 bits per heavy atom. The van der Waals surface area contributed by atoms with E-state index in [0.29, 0.717) is 11.3 Å². The van der Waals surface area contributed by atoms with E-state index >= 15 is 0 Å². The van der Waals surface area contributed by atoms with Gasteiger partial charge in [0.05, 0.1) is 27.4 Å². The van der Waals surface area contributed by atoms with E-state index in [2.05, 4.69) is 0 Å². The minimum absolute atomic E-state index is 0.0862. The number of amides is 2. The quantitative estimate of drug-likeness (QED) is 0.196. The fraction of sp³-hybridized carbons (Fsp3) is 0.120. The molecule has 1 aliphatic rings. The van der Waals surface area contributed by atoms with Gasteiger partial charge in [0.1, 0.15) is 18.1 Å². The first-order valence-corrected chi connectivity index (χ1v) is 11.7. The monoisotopic (exact) mass is 521 g/mol. The molecule has 188 valence electrons. The summed E-state index contributed by atoms with van der Waals surface area (Å²) in [5, 5.41) is 21.9. The van der Waals surface area contributed by atoms with Crippen LogP contribution in [0.3, 0.4) is 0 Å². The van der Waals surface area contributed by atoms with E-state index in [1.54, 1.807) is 12.1 Å². The number of thioether (sulfide) groups is 1. The van der Waals surface area contributed by atoms with Gasteiger partial charge in [-0.3, -0.25) is 34.7 Å². The molecule has 0 aromatic heterocycles. The van der Waals surface area contributed by atoms with Crippen LogP contribution in [-0.2, 0) is 4.79 Å². The predicted molar refractivity (Wildman–Crippen MR) is 136 cm³/mol. The van der Waals surface area contributed by atoms with Crippen LogP contribution in [0.25, 0.3) is 6.08 Å². The van der Waals surface area contributed by atoms with Crippen LogP contribution in [0.2, 0.25) is 0 Å². The second-order valence-corrected chi connectivity index (χ2v) is 8.83. The first kappa shape index (κ1) is 25.4. The molecular formula is C25H19N3O8S. The SMILES string of the molecule is Cc1ccc(OCCN2C(=O)S/C(=C\c3cccc(Oc4ccc([N+](=O)[O-])cc4[N+](=O)[O-])c3)C2=O)cc1. The summed E-state index contributed by atoms with van der Waals surface area (Å²) in [7, 11) is 0. The average Bonchev–Trinajstić information content (AvgIpc) is 3.12. The summed E-state index contributed by atoms with van der Waals surface area (Å²) in [6.07, 6.45) is 1.52. The fourth-order valence-corrected chi connectivity index (χ4v) is 4.24. The number of hydrogen-bond donors (Lipinski definition) is 0. The predicted octanol–water partition coefficient (Wildman–Crippen LogP) is 5.72. The molecule has 1 fully saturated rings. The smallest absolute Gasteiger partial charge is 0.318 e. The summed E-state index contributed by atoms with van der Waals surface area (Å²) in [4.78, 5) is 47.3. The van der Waals surface area contributed by atoms with E-state index in [0.717, 1.165) is 40.4 Å². The van der Waals surface area contributed by atoms with Crippen molar-refractivity contribution >= 4 is 40.4 Å². The molecule has 0 bridgehead atoms. The third-order valence-corrected chi connectivity index (χ3v) is 6.12. The molecule has 0 radical (unpaired) electrons. The molecule has 0 N–H and O–H groups in total. The lowest BCUT2D eigenvalue weighted by Gasteiger charge is -2.13. The maximum Gasteiger partial charge on any atom is 0.318 e. The van der Waals surface area contributed by atoms with Crippen molar-refractivity contribution < 1.29 is 28.9 Å². The van der Waals surface area contributed by atoms with E-state index in [-0.39, 0.29) is 29.6 Å². The van der Waals surface area contributed by atoms with Gasteiger partial charge in [-0.2, -0.15) is 0 Å². The number of imide groups is 1. The van der Waals surface area contributed by atoms with Crippen LogP contribution in [-0.4, -0.2) is 39.0 Å². The Hall–Kier alpha value is -4.71. The van der Waals surface area contributed by atoms with Gasteiger partial charge in [0.15, 0.2) is 0 Å². The summed E-state index contributed by atoms with van der Waals surface area (Å²) in [6.45, 7) is 2.19. The molecule has 1 heterocycles. The number of carbonyl (C=O) groups excluding carboxylic acids is 2. The Balaban J connectivity index is 1.45. The molecule has 3 aromatic carbocycles. The van der Waals surface area contributed by atoms with E-state index in [1.165, 1.54) is 18.2 Å². The average molecular weight is 522 g/mol. The number of hydrogen-bond acceptors (Lipinski definition) is 9. The fourth-order valence-electron chi connectivity index (χ4n) is 3.38. The zero-order valence-electron chi connectivity index (χ0n) is 19.4. The van der Waals surface area contributed by atoms with Crippen molar-refractivity contribution in [1.82, 2.24) is 4.90 Å². The van der Waals surface area contributed by atoms with Crippen LogP contribution < -0.4 is 9.47 Å². The number of rotatable bonds is 9. The van der Waals surface area contributed by atoms with Crippen molar-refractivity contribution in [1.29, 1.82) is 0 Å². The van der Waals surface area contributed by atoms with Gasteiger partial charge < -0.3 is 9.47 Å². The van der Waals surface area contributed by atoms with Crippen molar-refractivity contribution in [2.75, 3.05) is 13.2 Å². The molecule has 2 amide bonds. The number of ether oxygens (including phenoxy) is 2. The van der Waals surface area contributed by atoms with Gasteiger partial charge in [0, 0.05) is 6.07 Å². The summed E-state index contributed by atoms with van der Waals surface area (Å²) in [5.41, 5.74) is 0.605. The Kier molecular flexibility index (Phi) is 7.49. The highest BCUT2D eigenvalue weighted by Gasteiger charge is 2.34. The molecule has 1 aliphatic heterocycles. The molecule has 0 atom stereocenters. The maximum atomic E-state index is 12.8. The van der Waals surface area contributed by atoms with Gasteiger partial charge in [-0.15, -0.1) is 0 Å². The normalized spacial score (nSPS) is 14.2. The first-order chi connectivity index (χ1) is 17.7. The van der Waals surface area contributed by atoms with Crippen LogP contribution in [0.15, 0.2) is 71.6 Å². The zero-order chi connectivity index (χ0) is 26.5. The number of benzene rings is 3. The molecule has 4 rings (SSSR count). The summed E-state index contributed by atoms with van der Waals surface area (Å²) in [5.74, 6) is 0.205. The molecule has 0 saturated carbocycles. The van der Waals surface area contributed by atoms with E-state index in [4.69, 9.17) is 9.47 Å². The van der Waals surface area contributed by atoms with Crippen molar-refractivity contribution in [3.8, 4) is 17.2 Å². The van der Waals surface area contributed by atoms with Crippen molar-refractivity contribution in [3.05, 3.63) is 103 Å². The molecule has 3 aromatic rings. The van der Waals surface area contributed by atoms with Gasteiger partial charge in [-0.25, -0.2) is 0 Å². The van der Waals surface area contributed by atoms with Crippen LogP contribution >= 0.6 is 11.8 Å². The number of nitrogens with zero attached hydrogens (tertiary/aromatic N) is 3. The summed E-state index contributed by atoms with van der Waals surface area (Å²) < 4.78 is 11.2. The largest absolute Gasteiger partial charge is 0.492 e. The second kappa shape index (κ2) is 10.9. The molecule has 37 heavy (non-hydrogen) atoms. The minimum atomic E-state index is -0.773. The van der Waals surface area contributed by atoms with Crippen LogP contribution in [0.1, 0.15) is 11.1 Å². The van der Waals surface area contributed by atoms with Crippen molar-refractivity contribution in [2.24, 2.45) is 0 Å². The highest BCUT2D eigenvalue weighted by molar-refractivity contribution is 8.18. The zero-order valence-corrected chi connectivity index (χ0v) is 20.2. The molecule has 0 unspecified atom stereocenters. The number of non-ortho nitro benzene ring substituents is 1. The Bertz CT molecular complexity index is 1420. The lowest BCUT2D eigenvalue weighted by atomic mass is 10.2. The van der Waals surface area contributed by atoms with Crippen LogP contribution in [0, 0.1) is 27.2 Å². The number of nitro groups is 2. The van der Waals surface area contributed by atoms with Crippen molar-refractivity contribution in [3.63, 3.8) is 0 Å². The van der Waals surface area contributed by atoms with Crippen molar-refractivity contribution in [2.45, 2.75) is 6.92 Å². The lowest BCUT2D eigenvalue weighted by Crippen LogP contribution is -2.32. The van der Waals surface area contributed by atoms with E-state index in [9.17, 15) is 29.8 Å². The van der Waals surface area contributed by atoms with E-state index in [1.807, 2.05) is 31.2 Å². The third-order valence-electron chi connectivity index (χ3n) is 5.21. The maximum absolute atomic E-state index is 12.8. The van der Waals surface area contributed by atoms with Gasteiger partial charge >= 0.3 is 5.69 Å². The highest BCUT2D eigenvalue weighted by atomic mass is 32.2. The first-order valence-electron chi connectivity index (χ1n) is 10.9. The second-order valence-electron chi connectivity index (χ2n) is 7.84. The summed E-state index contributed by atoms with van der Waals surface area (Å²) in [6, 6.07) is 16.8. The molecular weight excluding hydrogens is 502 g/mol. The van der Waals surface area contributed by atoms with Gasteiger partial charge in [-0.1, -0.05) is 29.8 Å². The highest BCUT2D eigenvalue weighted by Crippen LogP contribution is 2.36. The number of carbonyl (C=O) groups is 2. The lowest BCUT2D eigenvalue weighted by molar-refractivity contribution is -0.394. The Morgan fingerprint density at radius 1 is 0.946 bits per heavy atom. The van der Waals surface area contributed by atoms with Gasteiger partial charge in [0.2, 0.25) is 5.75 Å². The molecule has 0 spiro atoms. The molecule has 0 aliphatic carbocycles. The summed E-state index contributed by atoms with van der Waals surface area (Å²) >= 11 is 0.794. The number of nitro benzene ring substituents is 2. The Morgan fingerprint density at radius 3 is 2.41 bits per heavy atom.